The van der Waals surface area contributed by atoms with Crippen molar-refractivity contribution in [2.24, 2.45) is 5.92 Å². The van der Waals surface area contributed by atoms with Gasteiger partial charge in [0, 0.05) is 33.4 Å². The lowest BCUT2D eigenvalue weighted by atomic mass is 10.2. The third-order valence-corrected chi connectivity index (χ3v) is 2.42. The van der Waals surface area contributed by atoms with Crippen LogP contribution in [0.5, 0.6) is 5.88 Å². The van der Waals surface area contributed by atoms with Crippen LogP contribution in [0.25, 0.3) is 0 Å². The number of ether oxygens (including phenoxy) is 3. The van der Waals surface area contributed by atoms with E-state index < -0.39 is 0 Å². The smallest absolute Gasteiger partial charge is 0.218 e. The Morgan fingerprint density at radius 3 is 2.65 bits per heavy atom. The molecule has 114 valence electrons. The van der Waals surface area contributed by atoms with Crippen molar-refractivity contribution in [2.75, 3.05) is 39.3 Å². The fourth-order valence-electron chi connectivity index (χ4n) is 1.52. The number of aromatic nitrogens is 2. The third-order valence-electron chi connectivity index (χ3n) is 2.42. The summed E-state index contributed by atoms with van der Waals surface area (Å²) in [6.45, 7) is 6.71. The van der Waals surface area contributed by atoms with Crippen LogP contribution >= 0.6 is 0 Å². The number of anilines is 1. The molecular weight excluding hydrogens is 258 g/mol. The van der Waals surface area contributed by atoms with Crippen LogP contribution < -0.4 is 10.1 Å². The van der Waals surface area contributed by atoms with Crippen LogP contribution in [-0.4, -0.2) is 43.9 Å². The van der Waals surface area contributed by atoms with Crippen LogP contribution in [0.1, 0.15) is 26.1 Å². The van der Waals surface area contributed by atoms with Crippen LogP contribution in [-0.2, 0) is 16.1 Å². The van der Waals surface area contributed by atoms with Gasteiger partial charge in [0.1, 0.15) is 12.4 Å². The van der Waals surface area contributed by atoms with Crippen molar-refractivity contribution in [3.05, 3.63) is 11.9 Å². The van der Waals surface area contributed by atoms with Crippen molar-refractivity contribution in [1.29, 1.82) is 0 Å². The molecule has 6 heteroatoms. The molecule has 0 fully saturated rings. The van der Waals surface area contributed by atoms with Crippen molar-refractivity contribution < 1.29 is 14.2 Å². The molecule has 0 aliphatic heterocycles. The number of nitrogens with one attached hydrogen (secondary N) is 1. The van der Waals surface area contributed by atoms with Gasteiger partial charge in [0.2, 0.25) is 5.88 Å². The van der Waals surface area contributed by atoms with Gasteiger partial charge in [-0.25, -0.2) is 4.98 Å². The summed E-state index contributed by atoms with van der Waals surface area (Å²) in [5, 5.41) is 3.24. The number of methoxy groups -OCH3 is 2. The minimum absolute atomic E-state index is 0.367. The first kappa shape index (κ1) is 16.7. The van der Waals surface area contributed by atoms with E-state index in [-0.39, 0.29) is 0 Å². The topological polar surface area (TPSA) is 65.5 Å². The Labute approximate surface area is 120 Å². The van der Waals surface area contributed by atoms with Gasteiger partial charge in [0.05, 0.1) is 6.61 Å². The maximum Gasteiger partial charge on any atom is 0.218 e. The van der Waals surface area contributed by atoms with E-state index in [1.807, 2.05) is 6.07 Å². The highest BCUT2D eigenvalue weighted by Crippen LogP contribution is 2.15. The molecule has 0 atom stereocenters. The summed E-state index contributed by atoms with van der Waals surface area (Å²) in [6.07, 6.45) is 0.919. The molecule has 1 N–H and O–H groups in total. The summed E-state index contributed by atoms with van der Waals surface area (Å²) in [4.78, 5) is 8.70. The third kappa shape index (κ3) is 6.68. The Hall–Kier alpha value is -1.40. The van der Waals surface area contributed by atoms with Crippen molar-refractivity contribution in [2.45, 2.75) is 26.9 Å². The van der Waals surface area contributed by atoms with Crippen LogP contribution in [0, 0.1) is 5.92 Å². The van der Waals surface area contributed by atoms with Gasteiger partial charge in [-0.1, -0.05) is 13.8 Å². The molecule has 0 saturated heterocycles. The minimum atomic E-state index is 0.367. The number of hydrogen-bond donors (Lipinski definition) is 1. The van der Waals surface area contributed by atoms with E-state index in [2.05, 4.69) is 29.1 Å². The van der Waals surface area contributed by atoms with Gasteiger partial charge in [-0.05, 0) is 12.3 Å². The highest BCUT2D eigenvalue weighted by molar-refractivity contribution is 5.38. The normalized spacial score (nSPS) is 10.8. The molecule has 1 rings (SSSR count). The summed E-state index contributed by atoms with van der Waals surface area (Å²) in [5.41, 5.74) is 0. The van der Waals surface area contributed by atoms with Gasteiger partial charge in [0.15, 0.2) is 5.82 Å². The fourth-order valence-corrected chi connectivity index (χ4v) is 1.52. The summed E-state index contributed by atoms with van der Waals surface area (Å²) >= 11 is 0. The summed E-state index contributed by atoms with van der Waals surface area (Å²) in [5.74, 6) is 2.40. The Kier molecular flexibility index (Phi) is 7.91. The highest BCUT2D eigenvalue weighted by Gasteiger charge is 2.06. The van der Waals surface area contributed by atoms with Gasteiger partial charge >= 0.3 is 0 Å². The van der Waals surface area contributed by atoms with Crippen LogP contribution in [0.2, 0.25) is 0 Å². The molecule has 1 aromatic heterocycles. The Morgan fingerprint density at radius 1 is 1.20 bits per heavy atom. The molecule has 1 heterocycles. The molecule has 20 heavy (non-hydrogen) atoms. The zero-order valence-electron chi connectivity index (χ0n) is 12.8. The molecule has 0 bridgehead atoms. The van der Waals surface area contributed by atoms with E-state index in [1.165, 1.54) is 0 Å². The molecule has 0 spiro atoms. The predicted molar refractivity (Wildman–Crippen MR) is 78.1 cm³/mol. The SMILES string of the molecule is COCCCNc1cc(OCC(C)C)nc(COC)n1. The zero-order valence-corrected chi connectivity index (χ0v) is 12.8. The standard InChI is InChI=1S/C14H25N3O3/c1-11(2)9-20-14-8-12(15-6-5-7-18-3)16-13(17-14)10-19-4/h8,11H,5-7,9-10H2,1-4H3,(H,15,16,17). The van der Waals surface area contributed by atoms with Crippen molar-refractivity contribution >= 4 is 5.82 Å². The first-order chi connectivity index (χ1) is 9.65. The second kappa shape index (κ2) is 9.50. The molecule has 0 radical (unpaired) electrons. The fraction of sp³-hybridized carbons (Fsp3) is 0.714. The summed E-state index contributed by atoms with van der Waals surface area (Å²) < 4.78 is 15.7. The Morgan fingerprint density at radius 2 is 2.00 bits per heavy atom. The minimum Gasteiger partial charge on any atom is -0.477 e. The molecule has 0 amide bonds. The van der Waals surface area contributed by atoms with Crippen LogP contribution in [0.3, 0.4) is 0 Å². The average molecular weight is 283 g/mol. The molecule has 6 nitrogen and oxygen atoms in total. The van der Waals surface area contributed by atoms with Gasteiger partial charge < -0.3 is 19.5 Å². The lowest BCUT2D eigenvalue weighted by Crippen LogP contribution is -2.11. The van der Waals surface area contributed by atoms with Crippen molar-refractivity contribution in [3.8, 4) is 5.88 Å². The number of hydrogen-bond acceptors (Lipinski definition) is 6. The summed E-state index contributed by atoms with van der Waals surface area (Å²) in [6, 6.07) is 1.81. The number of rotatable bonds is 10. The molecular formula is C14H25N3O3. The lowest BCUT2D eigenvalue weighted by Gasteiger charge is -2.11. The van der Waals surface area contributed by atoms with E-state index >= 15 is 0 Å². The van der Waals surface area contributed by atoms with Crippen LogP contribution in [0.15, 0.2) is 6.07 Å². The van der Waals surface area contributed by atoms with Gasteiger partial charge in [0.25, 0.3) is 0 Å². The van der Waals surface area contributed by atoms with Crippen LogP contribution in [0.4, 0.5) is 5.82 Å². The molecule has 0 aliphatic carbocycles. The van der Waals surface area contributed by atoms with Gasteiger partial charge in [-0.2, -0.15) is 4.98 Å². The maximum absolute atomic E-state index is 5.65. The van der Waals surface area contributed by atoms with E-state index in [9.17, 15) is 0 Å². The van der Waals surface area contributed by atoms with Crippen molar-refractivity contribution in [3.63, 3.8) is 0 Å². The Balaban J connectivity index is 2.65. The molecule has 1 aromatic rings. The second-order valence-corrected chi connectivity index (χ2v) is 4.92. The largest absolute Gasteiger partial charge is 0.477 e. The van der Waals surface area contributed by atoms with E-state index in [1.54, 1.807) is 14.2 Å². The molecule has 0 saturated carbocycles. The molecule has 0 unspecified atom stereocenters. The summed E-state index contributed by atoms with van der Waals surface area (Å²) in [7, 11) is 3.32. The van der Waals surface area contributed by atoms with Crippen molar-refractivity contribution in [1.82, 2.24) is 9.97 Å². The van der Waals surface area contributed by atoms with E-state index in [0.717, 1.165) is 25.4 Å². The monoisotopic (exact) mass is 283 g/mol. The molecule has 0 aromatic carbocycles. The first-order valence-corrected chi connectivity index (χ1v) is 6.88. The number of nitrogens with zero attached hydrogens (tertiary/aromatic N) is 2. The lowest BCUT2D eigenvalue weighted by molar-refractivity contribution is 0.175. The van der Waals surface area contributed by atoms with E-state index in [0.29, 0.717) is 30.8 Å². The maximum atomic E-state index is 5.65. The Bertz CT molecular complexity index is 386. The molecule has 0 aliphatic rings. The second-order valence-electron chi connectivity index (χ2n) is 4.92. The van der Waals surface area contributed by atoms with Gasteiger partial charge in [-0.3, -0.25) is 0 Å². The quantitative estimate of drug-likeness (QED) is 0.663. The van der Waals surface area contributed by atoms with Gasteiger partial charge in [-0.15, -0.1) is 0 Å². The van der Waals surface area contributed by atoms with E-state index in [4.69, 9.17) is 14.2 Å². The predicted octanol–water partition coefficient (Wildman–Crippen LogP) is 2.11. The highest BCUT2D eigenvalue weighted by atomic mass is 16.5. The zero-order chi connectivity index (χ0) is 14.8. The average Bonchev–Trinajstić information content (AvgIpc) is 2.42. The first-order valence-electron chi connectivity index (χ1n) is 6.88.